The average Bonchev–Trinajstić information content (AvgIpc) is 2.81. The zero-order valence-corrected chi connectivity index (χ0v) is 19.7. The van der Waals surface area contributed by atoms with Crippen LogP contribution in [0, 0.1) is 0 Å². The van der Waals surface area contributed by atoms with Crippen LogP contribution in [0.15, 0.2) is 29.3 Å². The number of likely N-dealkylation sites (N-methyl/N-ethyl adjacent to an activating group) is 1. The smallest absolute Gasteiger partial charge is 0.191 e. The van der Waals surface area contributed by atoms with Gasteiger partial charge in [-0.2, -0.15) is 0 Å². The van der Waals surface area contributed by atoms with Crippen molar-refractivity contribution in [2.75, 3.05) is 67.1 Å². The van der Waals surface area contributed by atoms with Gasteiger partial charge in [-0.25, -0.2) is 0 Å². The second kappa shape index (κ2) is 12.3. The fraction of sp³-hybridized carbons (Fsp3) is 0.708. The maximum absolute atomic E-state index is 6.00. The Morgan fingerprint density at radius 1 is 1.13 bits per heavy atom. The number of aliphatic imine (C=N–C) groups is 1. The lowest BCUT2D eigenvalue weighted by Gasteiger charge is -2.48. The van der Waals surface area contributed by atoms with Crippen molar-refractivity contribution in [3.8, 4) is 5.75 Å². The highest BCUT2D eigenvalue weighted by atomic mass is 16.5. The van der Waals surface area contributed by atoms with E-state index >= 15 is 0 Å². The molecule has 0 bridgehead atoms. The van der Waals surface area contributed by atoms with Gasteiger partial charge in [-0.1, -0.05) is 37.5 Å². The number of hydrogen-bond donors (Lipinski definition) is 2. The van der Waals surface area contributed by atoms with Crippen molar-refractivity contribution in [3.63, 3.8) is 0 Å². The first-order chi connectivity index (χ1) is 15.1. The molecular weight excluding hydrogens is 390 g/mol. The molecule has 1 heterocycles. The topological polar surface area (TPSA) is 61.4 Å². The Bertz CT molecular complexity index is 682. The Morgan fingerprint density at radius 2 is 1.87 bits per heavy atom. The summed E-state index contributed by atoms with van der Waals surface area (Å²) in [5, 5.41) is 7.12. The molecule has 0 atom stereocenters. The van der Waals surface area contributed by atoms with E-state index < -0.39 is 0 Å². The summed E-state index contributed by atoms with van der Waals surface area (Å²) in [4.78, 5) is 9.27. The molecule has 1 saturated heterocycles. The second-order valence-electron chi connectivity index (χ2n) is 8.92. The molecular formula is C24H41N5O2. The number of guanidine groups is 1. The molecule has 0 spiro atoms. The van der Waals surface area contributed by atoms with E-state index in [0.29, 0.717) is 13.2 Å². The number of para-hydroxylation sites is 1. The van der Waals surface area contributed by atoms with Crippen LogP contribution in [0.2, 0.25) is 0 Å². The third-order valence-corrected chi connectivity index (χ3v) is 6.49. The van der Waals surface area contributed by atoms with Gasteiger partial charge in [0.2, 0.25) is 0 Å². The highest BCUT2D eigenvalue weighted by Gasteiger charge is 2.38. The molecule has 3 rings (SSSR count). The molecule has 31 heavy (non-hydrogen) atoms. The van der Waals surface area contributed by atoms with Gasteiger partial charge in [0.25, 0.3) is 0 Å². The first kappa shape index (κ1) is 23.8. The third-order valence-electron chi connectivity index (χ3n) is 6.49. The van der Waals surface area contributed by atoms with Crippen molar-refractivity contribution in [3.05, 3.63) is 29.8 Å². The predicted octanol–water partition coefficient (Wildman–Crippen LogP) is 2.33. The first-order valence-electron chi connectivity index (χ1n) is 11.8. The molecule has 0 aromatic heterocycles. The zero-order valence-electron chi connectivity index (χ0n) is 19.7. The van der Waals surface area contributed by atoms with Crippen molar-refractivity contribution in [1.82, 2.24) is 20.4 Å². The molecule has 1 aromatic rings. The number of rotatable bonds is 9. The van der Waals surface area contributed by atoms with Gasteiger partial charge < -0.3 is 25.0 Å². The minimum Gasteiger partial charge on any atom is -0.492 e. The largest absolute Gasteiger partial charge is 0.492 e. The van der Waals surface area contributed by atoms with Gasteiger partial charge in [-0.05, 0) is 33.0 Å². The summed E-state index contributed by atoms with van der Waals surface area (Å²) >= 11 is 0. The Balaban J connectivity index is 1.55. The van der Waals surface area contributed by atoms with E-state index in [1.54, 1.807) is 0 Å². The van der Waals surface area contributed by atoms with Gasteiger partial charge in [-0.3, -0.25) is 9.89 Å². The SMILES string of the molecule is CN=C(NCc1ccccc1OCCN(C)C)NCC1(N2CCOCC2)CCCCC1. The van der Waals surface area contributed by atoms with Crippen molar-refractivity contribution >= 4 is 5.96 Å². The van der Waals surface area contributed by atoms with E-state index in [1.807, 2.05) is 19.2 Å². The molecule has 2 fully saturated rings. The fourth-order valence-corrected chi connectivity index (χ4v) is 4.63. The van der Waals surface area contributed by atoms with E-state index in [4.69, 9.17) is 9.47 Å². The van der Waals surface area contributed by atoms with Crippen LogP contribution in [-0.2, 0) is 11.3 Å². The van der Waals surface area contributed by atoms with Gasteiger partial charge in [0.1, 0.15) is 12.4 Å². The molecule has 1 aliphatic carbocycles. The van der Waals surface area contributed by atoms with E-state index in [9.17, 15) is 0 Å². The van der Waals surface area contributed by atoms with Crippen molar-refractivity contribution < 1.29 is 9.47 Å². The summed E-state index contributed by atoms with van der Waals surface area (Å²) in [7, 11) is 5.96. The summed E-state index contributed by atoms with van der Waals surface area (Å²) in [6.45, 7) is 6.94. The summed E-state index contributed by atoms with van der Waals surface area (Å²) in [5.41, 5.74) is 1.36. The quantitative estimate of drug-likeness (QED) is 0.462. The Labute approximate surface area is 188 Å². The Morgan fingerprint density at radius 3 is 2.58 bits per heavy atom. The van der Waals surface area contributed by atoms with Crippen LogP contribution in [-0.4, -0.2) is 88.4 Å². The van der Waals surface area contributed by atoms with Gasteiger partial charge >= 0.3 is 0 Å². The maximum atomic E-state index is 6.00. The summed E-state index contributed by atoms with van der Waals surface area (Å²) < 4.78 is 11.6. The zero-order chi connectivity index (χ0) is 21.9. The number of hydrogen-bond acceptors (Lipinski definition) is 5. The standard InChI is InChI=1S/C24H41N5O2/c1-25-23(26-19-21-9-5-6-10-22(21)31-18-13-28(2)3)27-20-24(11-7-4-8-12-24)29-14-16-30-17-15-29/h5-6,9-10H,4,7-8,11-20H2,1-3H3,(H2,25,26,27). The minimum absolute atomic E-state index is 0.215. The highest BCUT2D eigenvalue weighted by molar-refractivity contribution is 5.79. The third kappa shape index (κ3) is 7.09. The number of ether oxygens (including phenoxy) is 2. The molecule has 2 N–H and O–H groups in total. The molecule has 7 nitrogen and oxygen atoms in total. The normalized spacial score (nSPS) is 19.9. The minimum atomic E-state index is 0.215. The summed E-state index contributed by atoms with van der Waals surface area (Å²) in [6.07, 6.45) is 6.47. The van der Waals surface area contributed by atoms with Crippen molar-refractivity contribution in [2.24, 2.45) is 4.99 Å². The predicted molar refractivity (Wildman–Crippen MR) is 127 cm³/mol. The van der Waals surface area contributed by atoms with Crippen LogP contribution in [0.5, 0.6) is 5.75 Å². The van der Waals surface area contributed by atoms with Crippen LogP contribution in [0.25, 0.3) is 0 Å². The van der Waals surface area contributed by atoms with E-state index in [0.717, 1.165) is 56.7 Å². The van der Waals surface area contributed by atoms with Gasteiger partial charge in [0.15, 0.2) is 5.96 Å². The Kier molecular flexibility index (Phi) is 9.43. The van der Waals surface area contributed by atoms with Gasteiger partial charge in [-0.15, -0.1) is 0 Å². The second-order valence-corrected chi connectivity index (χ2v) is 8.92. The lowest BCUT2D eigenvalue weighted by atomic mass is 9.80. The number of benzene rings is 1. The van der Waals surface area contributed by atoms with Crippen molar-refractivity contribution in [2.45, 2.75) is 44.2 Å². The molecule has 174 valence electrons. The van der Waals surface area contributed by atoms with Gasteiger partial charge in [0.05, 0.1) is 13.2 Å². The molecule has 2 aliphatic rings. The molecule has 0 amide bonds. The number of morpholine rings is 1. The lowest BCUT2D eigenvalue weighted by molar-refractivity contribution is -0.0352. The lowest BCUT2D eigenvalue weighted by Crippen LogP contribution is -2.60. The Hall–Kier alpha value is -1.83. The van der Waals surface area contributed by atoms with Crippen LogP contribution in [0.1, 0.15) is 37.7 Å². The van der Waals surface area contributed by atoms with Gasteiger partial charge in [0, 0.05) is 50.9 Å². The molecule has 1 saturated carbocycles. The van der Waals surface area contributed by atoms with Crippen molar-refractivity contribution in [1.29, 1.82) is 0 Å². The van der Waals surface area contributed by atoms with Crippen LogP contribution in [0.4, 0.5) is 0 Å². The molecule has 0 radical (unpaired) electrons. The summed E-state index contributed by atoms with van der Waals surface area (Å²) in [6, 6.07) is 8.23. The maximum Gasteiger partial charge on any atom is 0.191 e. The van der Waals surface area contributed by atoms with Crippen LogP contribution < -0.4 is 15.4 Å². The molecule has 7 heteroatoms. The fourth-order valence-electron chi connectivity index (χ4n) is 4.63. The average molecular weight is 432 g/mol. The first-order valence-corrected chi connectivity index (χ1v) is 11.8. The summed E-state index contributed by atoms with van der Waals surface area (Å²) in [5.74, 6) is 1.78. The monoisotopic (exact) mass is 431 g/mol. The van der Waals surface area contributed by atoms with E-state index in [1.165, 1.54) is 32.1 Å². The van der Waals surface area contributed by atoms with E-state index in [2.05, 4.69) is 51.7 Å². The molecule has 1 aromatic carbocycles. The molecule has 1 aliphatic heterocycles. The van der Waals surface area contributed by atoms with E-state index in [-0.39, 0.29) is 5.54 Å². The highest BCUT2D eigenvalue weighted by Crippen LogP contribution is 2.33. The number of nitrogens with one attached hydrogen (secondary N) is 2. The molecule has 0 unspecified atom stereocenters. The van der Waals surface area contributed by atoms with Crippen LogP contribution in [0.3, 0.4) is 0 Å². The number of nitrogens with zero attached hydrogens (tertiary/aromatic N) is 3. The van der Waals surface area contributed by atoms with Crippen LogP contribution >= 0.6 is 0 Å².